The summed E-state index contributed by atoms with van der Waals surface area (Å²) in [4.78, 5) is 13.0. The Morgan fingerprint density at radius 1 is 1.00 bits per heavy atom. The molecule has 0 fully saturated rings. The van der Waals surface area contributed by atoms with Crippen LogP contribution in [0, 0.1) is 0 Å². The van der Waals surface area contributed by atoms with Gasteiger partial charge in [-0.05, 0) is 23.3 Å². The Balaban J connectivity index is 2.22. The van der Waals surface area contributed by atoms with Crippen molar-refractivity contribution in [2.75, 3.05) is 5.73 Å². The van der Waals surface area contributed by atoms with E-state index in [9.17, 15) is 4.79 Å². The van der Waals surface area contributed by atoms with Gasteiger partial charge in [0.15, 0.2) is 6.29 Å². The molecule has 0 saturated heterocycles. The number of aldehydes is 1. The number of anilines is 1. The second-order valence-corrected chi connectivity index (χ2v) is 6.55. The van der Waals surface area contributed by atoms with Crippen LogP contribution in [0.3, 0.4) is 0 Å². The van der Waals surface area contributed by atoms with Crippen LogP contribution in [0.1, 0.15) is 9.67 Å². The van der Waals surface area contributed by atoms with E-state index in [1.165, 1.54) is 11.3 Å². The summed E-state index contributed by atoms with van der Waals surface area (Å²) in [5.74, 6) is 0. The van der Waals surface area contributed by atoms with E-state index < -0.39 is 0 Å². The summed E-state index contributed by atoms with van der Waals surface area (Å²) in [6.07, 6.45) is 0.880. The third-order valence-electron chi connectivity index (χ3n) is 3.23. The standard InChI is InChI=1S/C17H12BrNOS/c18-13-8-4-7-12(9-13)17-16(19)15(14(10-20)21-17)11-5-2-1-3-6-11/h1-10H,19H2. The summed E-state index contributed by atoms with van der Waals surface area (Å²) in [5.41, 5.74) is 9.79. The second kappa shape index (κ2) is 5.84. The molecule has 0 unspecified atom stereocenters. The predicted octanol–water partition coefficient (Wildman–Crippen LogP) is 5.24. The molecule has 0 bridgehead atoms. The molecule has 0 aliphatic carbocycles. The Hall–Kier alpha value is -1.91. The highest BCUT2D eigenvalue weighted by Gasteiger charge is 2.18. The Labute approximate surface area is 135 Å². The van der Waals surface area contributed by atoms with Crippen molar-refractivity contribution in [2.24, 2.45) is 0 Å². The van der Waals surface area contributed by atoms with E-state index in [1.54, 1.807) is 0 Å². The molecule has 1 heterocycles. The average Bonchev–Trinajstić information content (AvgIpc) is 2.85. The fourth-order valence-corrected chi connectivity index (χ4v) is 3.75. The van der Waals surface area contributed by atoms with Gasteiger partial charge in [0.05, 0.1) is 15.4 Å². The minimum atomic E-state index is 0.659. The molecule has 4 heteroatoms. The maximum Gasteiger partial charge on any atom is 0.160 e. The zero-order valence-corrected chi connectivity index (χ0v) is 13.4. The molecule has 0 spiro atoms. The lowest BCUT2D eigenvalue weighted by Crippen LogP contribution is -1.90. The van der Waals surface area contributed by atoms with Crippen LogP contribution in [0.4, 0.5) is 5.69 Å². The predicted molar refractivity (Wildman–Crippen MR) is 92.7 cm³/mol. The van der Waals surface area contributed by atoms with E-state index >= 15 is 0 Å². The number of nitrogen functional groups attached to an aromatic ring is 1. The Bertz CT molecular complexity index is 796. The molecular weight excluding hydrogens is 346 g/mol. The summed E-state index contributed by atoms with van der Waals surface area (Å²) in [6.45, 7) is 0. The maximum atomic E-state index is 11.4. The number of rotatable bonds is 3. The monoisotopic (exact) mass is 357 g/mol. The Kier molecular flexibility index (Phi) is 3.90. The molecule has 2 N–H and O–H groups in total. The summed E-state index contributed by atoms with van der Waals surface area (Å²) in [7, 11) is 0. The quantitative estimate of drug-likeness (QED) is 0.651. The molecule has 0 aliphatic heterocycles. The largest absolute Gasteiger partial charge is 0.397 e. The van der Waals surface area contributed by atoms with E-state index in [2.05, 4.69) is 15.9 Å². The Morgan fingerprint density at radius 2 is 1.71 bits per heavy atom. The van der Waals surface area contributed by atoms with E-state index in [0.29, 0.717) is 10.6 Å². The van der Waals surface area contributed by atoms with Crippen LogP contribution < -0.4 is 5.73 Å². The number of carbonyl (C=O) groups excluding carboxylic acids is 1. The lowest BCUT2D eigenvalue weighted by atomic mass is 10.0. The van der Waals surface area contributed by atoms with E-state index in [-0.39, 0.29) is 0 Å². The molecule has 3 rings (SSSR count). The maximum absolute atomic E-state index is 11.4. The number of thiophene rings is 1. The first-order valence-electron chi connectivity index (χ1n) is 6.39. The first-order chi connectivity index (χ1) is 10.2. The number of carbonyl (C=O) groups is 1. The molecule has 0 aliphatic rings. The van der Waals surface area contributed by atoms with Crippen LogP contribution in [-0.2, 0) is 0 Å². The third kappa shape index (κ3) is 2.64. The number of hydrogen-bond donors (Lipinski definition) is 1. The SMILES string of the molecule is Nc1c(-c2cccc(Br)c2)sc(C=O)c1-c1ccccc1. The summed E-state index contributed by atoms with van der Waals surface area (Å²) in [6, 6.07) is 17.7. The van der Waals surface area contributed by atoms with Crippen molar-refractivity contribution < 1.29 is 4.79 Å². The van der Waals surface area contributed by atoms with E-state index in [0.717, 1.165) is 32.3 Å². The highest BCUT2D eigenvalue weighted by molar-refractivity contribution is 9.10. The van der Waals surface area contributed by atoms with Gasteiger partial charge in [-0.2, -0.15) is 0 Å². The van der Waals surface area contributed by atoms with Crippen LogP contribution in [0.2, 0.25) is 0 Å². The Morgan fingerprint density at radius 3 is 2.38 bits per heavy atom. The van der Waals surface area contributed by atoms with E-state index in [4.69, 9.17) is 5.73 Å². The molecule has 2 nitrogen and oxygen atoms in total. The zero-order valence-electron chi connectivity index (χ0n) is 11.0. The third-order valence-corrected chi connectivity index (χ3v) is 4.90. The molecule has 0 radical (unpaired) electrons. The topological polar surface area (TPSA) is 43.1 Å². The van der Waals surface area contributed by atoms with Gasteiger partial charge in [-0.1, -0.05) is 58.4 Å². The molecule has 0 saturated carbocycles. The molecule has 0 amide bonds. The number of hydrogen-bond acceptors (Lipinski definition) is 3. The van der Waals surface area contributed by atoms with Gasteiger partial charge >= 0.3 is 0 Å². The minimum Gasteiger partial charge on any atom is -0.397 e. The highest BCUT2D eigenvalue weighted by atomic mass is 79.9. The van der Waals surface area contributed by atoms with Crippen molar-refractivity contribution in [2.45, 2.75) is 0 Å². The molecule has 3 aromatic rings. The van der Waals surface area contributed by atoms with E-state index in [1.807, 2.05) is 54.6 Å². The first kappa shape index (κ1) is 14.0. The van der Waals surface area contributed by atoms with Gasteiger partial charge in [-0.15, -0.1) is 11.3 Å². The molecule has 1 aromatic heterocycles. The highest BCUT2D eigenvalue weighted by Crippen LogP contribution is 2.44. The van der Waals surface area contributed by atoms with Crippen molar-refractivity contribution in [3.63, 3.8) is 0 Å². The van der Waals surface area contributed by atoms with Crippen LogP contribution in [0.5, 0.6) is 0 Å². The number of halogens is 1. The van der Waals surface area contributed by atoms with Crippen LogP contribution >= 0.6 is 27.3 Å². The van der Waals surface area contributed by atoms with Gasteiger partial charge in [0.2, 0.25) is 0 Å². The van der Waals surface area contributed by atoms with Crippen LogP contribution in [0.15, 0.2) is 59.1 Å². The molecule has 2 aromatic carbocycles. The van der Waals surface area contributed by atoms with Crippen molar-refractivity contribution in [3.8, 4) is 21.6 Å². The fraction of sp³-hybridized carbons (Fsp3) is 0. The number of nitrogens with two attached hydrogens (primary N) is 1. The molecule has 21 heavy (non-hydrogen) atoms. The second-order valence-electron chi connectivity index (χ2n) is 4.58. The van der Waals surface area contributed by atoms with Crippen molar-refractivity contribution in [1.82, 2.24) is 0 Å². The van der Waals surface area contributed by atoms with Gasteiger partial charge in [0.1, 0.15) is 0 Å². The van der Waals surface area contributed by atoms with Crippen LogP contribution in [-0.4, -0.2) is 6.29 Å². The summed E-state index contributed by atoms with van der Waals surface area (Å²) < 4.78 is 0.988. The summed E-state index contributed by atoms with van der Waals surface area (Å²) >= 11 is 4.89. The molecule has 0 atom stereocenters. The fourth-order valence-electron chi connectivity index (χ4n) is 2.29. The first-order valence-corrected chi connectivity index (χ1v) is 8.00. The van der Waals surface area contributed by atoms with Gasteiger partial charge in [-0.25, -0.2) is 0 Å². The lowest BCUT2D eigenvalue weighted by molar-refractivity contribution is 0.112. The molecule has 104 valence electrons. The minimum absolute atomic E-state index is 0.659. The zero-order chi connectivity index (χ0) is 14.8. The van der Waals surface area contributed by atoms with Gasteiger partial charge < -0.3 is 5.73 Å². The number of benzene rings is 2. The normalized spacial score (nSPS) is 10.5. The molecular formula is C17H12BrNOS. The van der Waals surface area contributed by atoms with Gasteiger partial charge in [0.25, 0.3) is 0 Å². The van der Waals surface area contributed by atoms with Gasteiger partial charge in [0, 0.05) is 10.0 Å². The smallest absolute Gasteiger partial charge is 0.160 e. The van der Waals surface area contributed by atoms with Crippen molar-refractivity contribution in [3.05, 3.63) is 63.9 Å². The lowest BCUT2D eigenvalue weighted by Gasteiger charge is -2.04. The van der Waals surface area contributed by atoms with Gasteiger partial charge in [-0.3, -0.25) is 4.79 Å². The summed E-state index contributed by atoms with van der Waals surface area (Å²) in [5, 5.41) is 0. The van der Waals surface area contributed by atoms with Crippen molar-refractivity contribution >= 4 is 39.2 Å². The van der Waals surface area contributed by atoms with Crippen molar-refractivity contribution in [1.29, 1.82) is 0 Å². The van der Waals surface area contributed by atoms with Crippen LogP contribution in [0.25, 0.3) is 21.6 Å². The average molecular weight is 358 g/mol.